The number of carbonyl (C=O) groups is 2. The maximum absolute atomic E-state index is 14.7. The molecule has 1 saturated heterocycles. The molecule has 1 fully saturated rings. The van der Waals surface area contributed by atoms with Crippen molar-refractivity contribution in [2.75, 3.05) is 18.6 Å². The Labute approximate surface area is 161 Å². The molecule has 1 aromatic heterocycles. The first-order valence-electron chi connectivity index (χ1n) is 8.79. The summed E-state index contributed by atoms with van der Waals surface area (Å²) in [6.07, 6.45) is 1.56. The predicted octanol–water partition coefficient (Wildman–Crippen LogP) is 2.27. The van der Waals surface area contributed by atoms with E-state index < -0.39 is 22.5 Å². The van der Waals surface area contributed by atoms with Crippen molar-refractivity contribution in [2.24, 2.45) is 5.73 Å². The van der Waals surface area contributed by atoms with Crippen molar-refractivity contribution in [3.8, 4) is 11.1 Å². The lowest BCUT2D eigenvalue weighted by Crippen LogP contribution is -2.41. The molecule has 2 amide bonds. The van der Waals surface area contributed by atoms with Gasteiger partial charge in [0.15, 0.2) is 6.73 Å². The Bertz CT molecular complexity index is 890. The summed E-state index contributed by atoms with van der Waals surface area (Å²) in [4.78, 5) is 26.0. The summed E-state index contributed by atoms with van der Waals surface area (Å²) in [6.45, 7) is 1.32. The van der Waals surface area contributed by atoms with Crippen molar-refractivity contribution in [1.29, 1.82) is 0 Å². The number of ether oxygens (including phenoxy) is 1. The van der Waals surface area contributed by atoms with Crippen LogP contribution >= 0.6 is 0 Å². The Kier molecular flexibility index (Phi) is 5.68. The van der Waals surface area contributed by atoms with Crippen molar-refractivity contribution in [1.82, 2.24) is 9.63 Å². The van der Waals surface area contributed by atoms with Crippen molar-refractivity contribution in [3.63, 3.8) is 0 Å². The van der Waals surface area contributed by atoms with Gasteiger partial charge in [-0.15, -0.1) is 0 Å². The number of halogens is 1. The molecule has 1 aliphatic rings. The van der Waals surface area contributed by atoms with Crippen LogP contribution in [0.25, 0.3) is 11.1 Å². The molecule has 3 rings (SSSR count). The van der Waals surface area contributed by atoms with E-state index in [1.807, 2.05) is 0 Å². The van der Waals surface area contributed by atoms with Gasteiger partial charge >= 0.3 is 0 Å². The topological polar surface area (TPSA) is 117 Å². The SMILES string of the molecule is CC(=O)Nc1ccc(-c2ccc([N+]3([O-])COC(CCC(N)=O)C3)cc2F)cn1. The summed E-state index contributed by atoms with van der Waals surface area (Å²) in [7, 11) is 0. The van der Waals surface area contributed by atoms with E-state index in [2.05, 4.69) is 10.3 Å². The lowest BCUT2D eigenvalue weighted by molar-refractivity contribution is -0.118. The zero-order valence-electron chi connectivity index (χ0n) is 15.4. The second-order valence-corrected chi connectivity index (χ2v) is 6.77. The lowest BCUT2D eigenvalue weighted by atomic mass is 10.1. The van der Waals surface area contributed by atoms with Crippen LogP contribution in [0.1, 0.15) is 19.8 Å². The predicted molar refractivity (Wildman–Crippen MR) is 102 cm³/mol. The first-order chi connectivity index (χ1) is 13.3. The molecular weight excluding hydrogens is 367 g/mol. The highest BCUT2D eigenvalue weighted by Crippen LogP contribution is 2.33. The molecule has 2 atom stereocenters. The van der Waals surface area contributed by atoms with Crippen molar-refractivity contribution >= 4 is 23.3 Å². The number of hydroxylamine groups is 2. The minimum atomic E-state index is -0.819. The molecule has 3 N–H and O–H groups in total. The Morgan fingerprint density at radius 3 is 2.79 bits per heavy atom. The van der Waals surface area contributed by atoms with Gasteiger partial charge < -0.3 is 25.6 Å². The number of hydrogen-bond acceptors (Lipinski definition) is 5. The number of nitrogens with zero attached hydrogens (tertiary/aromatic N) is 2. The molecule has 8 nitrogen and oxygen atoms in total. The monoisotopic (exact) mass is 388 g/mol. The van der Waals surface area contributed by atoms with Gasteiger partial charge in [0.1, 0.15) is 30.0 Å². The number of nitrogens with one attached hydrogen (secondary N) is 1. The first-order valence-corrected chi connectivity index (χ1v) is 8.79. The van der Waals surface area contributed by atoms with E-state index in [0.29, 0.717) is 23.4 Å². The maximum atomic E-state index is 14.7. The Morgan fingerprint density at radius 2 is 2.18 bits per heavy atom. The van der Waals surface area contributed by atoms with Gasteiger partial charge in [0.05, 0.1) is 0 Å². The van der Waals surface area contributed by atoms with Crippen LogP contribution in [-0.2, 0) is 14.3 Å². The summed E-state index contributed by atoms with van der Waals surface area (Å²) < 4.78 is 19.3. The lowest BCUT2D eigenvalue weighted by Gasteiger charge is -2.36. The number of rotatable bonds is 6. The van der Waals surface area contributed by atoms with E-state index in [1.54, 1.807) is 18.2 Å². The standard InChI is InChI=1S/C19H21FN4O4/c1-12(25)23-19-7-2-13(9-22-19)16-5-3-14(8-17(16)20)24(27)10-15(28-11-24)4-6-18(21)26/h2-3,5,7-9,15H,4,6,10-11H2,1H3,(H2,21,26)(H,22,23,25). The van der Waals surface area contributed by atoms with Crippen molar-refractivity contribution in [2.45, 2.75) is 25.9 Å². The van der Waals surface area contributed by atoms with Gasteiger partial charge in [-0.2, -0.15) is 0 Å². The molecule has 1 aromatic carbocycles. The zero-order chi connectivity index (χ0) is 20.3. The van der Waals surface area contributed by atoms with Crippen LogP contribution in [0.15, 0.2) is 36.5 Å². The Balaban J connectivity index is 1.75. The zero-order valence-corrected chi connectivity index (χ0v) is 15.4. The molecule has 9 heteroatoms. The number of carbonyl (C=O) groups excluding carboxylic acids is 2. The third-order valence-electron chi connectivity index (χ3n) is 4.53. The van der Waals surface area contributed by atoms with Gasteiger partial charge in [0.25, 0.3) is 0 Å². The van der Waals surface area contributed by atoms with E-state index in [4.69, 9.17) is 10.5 Å². The fourth-order valence-electron chi connectivity index (χ4n) is 3.12. The van der Waals surface area contributed by atoms with Crippen LogP contribution < -0.4 is 15.7 Å². The first kappa shape index (κ1) is 19.9. The number of benzene rings is 1. The van der Waals surface area contributed by atoms with Crippen LogP contribution in [-0.4, -0.2) is 36.2 Å². The van der Waals surface area contributed by atoms with Crippen LogP contribution in [0.3, 0.4) is 0 Å². The normalized spacial score (nSPS) is 21.5. The molecule has 0 radical (unpaired) electrons. The number of hydrogen-bond donors (Lipinski definition) is 2. The fraction of sp³-hybridized carbons (Fsp3) is 0.316. The van der Waals surface area contributed by atoms with Gasteiger partial charge in [-0.3, -0.25) is 9.59 Å². The van der Waals surface area contributed by atoms with Gasteiger partial charge in [-0.25, -0.2) is 9.37 Å². The highest BCUT2D eigenvalue weighted by molar-refractivity contribution is 5.87. The highest BCUT2D eigenvalue weighted by atomic mass is 19.1. The summed E-state index contributed by atoms with van der Waals surface area (Å²) in [6, 6.07) is 7.49. The fourth-order valence-corrected chi connectivity index (χ4v) is 3.12. The maximum Gasteiger partial charge on any atom is 0.222 e. The minimum Gasteiger partial charge on any atom is -0.626 e. The number of aromatic nitrogens is 1. The summed E-state index contributed by atoms with van der Waals surface area (Å²) in [5, 5.41) is 15.5. The molecule has 0 saturated carbocycles. The van der Waals surface area contributed by atoms with E-state index in [0.717, 1.165) is 0 Å². The average molecular weight is 388 g/mol. The van der Waals surface area contributed by atoms with Gasteiger partial charge in [0, 0.05) is 42.8 Å². The largest absolute Gasteiger partial charge is 0.626 e. The third kappa shape index (κ3) is 4.50. The molecule has 0 aliphatic carbocycles. The molecule has 2 unspecified atom stereocenters. The minimum absolute atomic E-state index is 0.0963. The van der Waals surface area contributed by atoms with Crippen LogP contribution in [0.2, 0.25) is 0 Å². The van der Waals surface area contributed by atoms with E-state index in [9.17, 15) is 19.2 Å². The van der Waals surface area contributed by atoms with Crippen molar-refractivity contribution in [3.05, 3.63) is 47.6 Å². The molecular formula is C19H21FN4O4. The molecule has 2 heterocycles. The molecule has 0 spiro atoms. The van der Waals surface area contributed by atoms with Gasteiger partial charge in [-0.05, 0) is 24.6 Å². The van der Waals surface area contributed by atoms with E-state index in [-0.39, 0.29) is 31.3 Å². The van der Waals surface area contributed by atoms with Crippen LogP contribution in [0.5, 0.6) is 0 Å². The summed E-state index contributed by atoms with van der Waals surface area (Å²) in [5.74, 6) is -0.885. The quantitative estimate of drug-likeness (QED) is 0.581. The number of nitrogens with two attached hydrogens (primary N) is 1. The Hall–Kier alpha value is -2.88. The second-order valence-electron chi connectivity index (χ2n) is 6.77. The van der Waals surface area contributed by atoms with Gasteiger partial charge in [-0.1, -0.05) is 0 Å². The molecule has 1 aliphatic heterocycles. The second kappa shape index (κ2) is 8.01. The number of anilines is 1. The Morgan fingerprint density at radius 1 is 1.39 bits per heavy atom. The number of amides is 2. The van der Waals surface area contributed by atoms with Crippen molar-refractivity contribution < 1.29 is 18.7 Å². The smallest absolute Gasteiger partial charge is 0.222 e. The number of quaternary nitrogens is 1. The average Bonchev–Trinajstić information content (AvgIpc) is 3.03. The van der Waals surface area contributed by atoms with E-state index in [1.165, 1.54) is 25.3 Å². The van der Waals surface area contributed by atoms with Crippen LogP contribution in [0.4, 0.5) is 15.9 Å². The molecule has 2 aromatic rings. The number of pyridine rings is 1. The number of primary amides is 1. The highest BCUT2D eigenvalue weighted by Gasteiger charge is 2.34. The van der Waals surface area contributed by atoms with Gasteiger partial charge in [0.2, 0.25) is 11.8 Å². The summed E-state index contributed by atoms with van der Waals surface area (Å²) in [5.41, 5.74) is 6.18. The third-order valence-corrected chi connectivity index (χ3v) is 4.53. The van der Waals surface area contributed by atoms with E-state index >= 15 is 0 Å². The van der Waals surface area contributed by atoms with Crippen LogP contribution in [0, 0.1) is 11.0 Å². The summed E-state index contributed by atoms with van der Waals surface area (Å²) >= 11 is 0. The molecule has 148 valence electrons. The molecule has 0 bridgehead atoms. The molecule has 28 heavy (non-hydrogen) atoms.